The maximum absolute atomic E-state index is 14.8. The molecule has 0 bridgehead atoms. The fraction of sp³-hybridized carbons (Fsp3) is 0.857. The zero-order valence-corrected chi connectivity index (χ0v) is 29.6. The first-order chi connectivity index (χ1) is 21.5. The Labute approximate surface area is 276 Å². The first-order valence-electron chi connectivity index (χ1n) is 17.5. The Morgan fingerprint density at radius 1 is 0.957 bits per heavy atom. The molecule has 0 aromatic heterocycles. The zero-order valence-electron chi connectivity index (χ0n) is 29.6. The van der Waals surface area contributed by atoms with Crippen LogP contribution in [0.15, 0.2) is 0 Å². The number of ether oxygens (including phenoxy) is 1. The molecule has 3 aliphatic rings. The van der Waals surface area contributed by atoms with Crippen molar-refractivity contribution >= 4 is 29.5 Å². The van der Waals surface area contributed by atoms with Crippen LogP contribution in [0.25, 0.3) is 0 Å². The fourth-order valence-electron chi connectivity index (χ4n) is 7.65. The van der Waals surface area contributed by atoms with Gasteiger partial charge in [0.2, 0.25) is 17.6 Å². The van der Waals surface area contributed by atoms with Crippen molar-refractivity contribution in [3.63, 3.8) is 0 Å². The van der Waals surface area contributed by atoms with Gasteiger partial charge in [-0.2, -0.15) is 0 Å². The predicted molar refractivity (Wildman–Crippen MR) is 177 cm³/mol. The van der Waals surface area contributed by atoms with Crippen molar-refractivity contribution in [3.05, 3.63) is 0 Å². The predicted octanol–water partition coefficient (Wildman–Crippen LogP) is 3.92. The Morgan fingerprint density at radius 3 is 2.09 bits per heavy atom. The highest BCUT2D eigenvalue weighted by Gasteiger charge is 2.51. The molecule has 6 atom stereocenters. The van der Waals surface area contributed by atoms with E-state index in [2.05, 4.69) is 36.7 Å². The monoisotopic (exact) mass is 647 g/mol. The van der Waals surface area contributed by atoms with Crippen LogP contribution >= 0.6 is 0 Å². The van der Waals surface area contributed by atoms with Crippen molar-refractivity contribution in [2.75, 3.05) is 20.3 Å². The Hall–Kier alpha value is -2.69. The number of methoxy groups -OCH3 is 1. The van der Waals surface area contributed by atoms with Crippen LogP contribution in [0.5, 0.6) is 0 Å². The van der Waals surface area contributed by atoms with Crippen molar-refractivity contribution in [1.82, 2.24) is 20.9 Å². The summed E-state index contributed by atoms with van der Waals surface area (Å²) in [5, 5.41) is 8.96. The molecular formula is C35H61N5O6. The van der Waals surface area contributed by atoms with Gasteiger partial charge in [-0.3, -0.25) is 19.2 Å². The fourth-order valence-corrected chi connectivity index (χ4v) is 7.65. The van der Waals surface area contributed by atoms with Gasteiger partial charge in [0.15, 0.2) is 0 Å². The van der Waals surface area contributed by atoms with E-state index in [1.807, 2.05) is 27.7 Å². The second-order valence-electron chi connectivity index (χ2n) is 16.1. The first kappa shape index (κ1) is 37.8. The SMILES string of the molecule is COC[C@@H](NC(=O)NC(C(=O)N1CC(CC(C)C)[C@H](C)C1C(=O)NC(CC1CCC1)C(=O)C(N)=O)C1(C)CCCCC1)C(C)(C)C. The quantitative estimate of drug-likeness (QED) is 0.209. The third kappa shape index (κ3) is 9.44. The van der Waals surface area contributed by atoms with Crippen molar-refractivity contribution in [2.45, 2.75) is 137 Å². The molecular weight excluding hydrogens is 586 g/mol. The van der Waals surface area contributed by atoms with E-state index in [0.29, 0.717) is 25.5 Å². The normalized spacial score (nSPS) is 25.2. The van der Waals surface area contributed by atoms with Crippen molar-refractivity contribution in [2.24, 2.45) is 40.2 Å². The van der Waals surface area contributed by atoms with Crippen molar-refractivity contribution in [1.29, 1.82) is 0 Å². The summed E-state index contributed by atoms with van der Waals surface area (Å²) in [6, 6.07) is -3.45. The third-order valence-electron chi connectivity index (χ3n) is 10.9. The molecule has 46 heavy (non-hydrogen) atoms. The van der Waals surface area contributed by atoms with E-state index in [9.17, 15) is 24.0 Å². The van der Waals surface area contributed by atoms with E-state index in [0.717, 1.165) is 57.8 Å². The molecule has 5 N–H and O–H groups in total. The molecule has 3 fully saturated rings. The molecule has 4 unspecified atom stereocenters. The maximum atomic E-state index is 14.8. The lowest BCUT2D eigenvalue weighted by Crippen LogP contribution is -2.63. The summed E-state index contributed by atoms with van der Waals surface area (Å²) < 4.78 is 5.38. The number of primary amides is 1. The van der Waals surface area contributed by atoms with Crippen LogP contribution in [0.2, 0.25) is 0 Å². The molecule has 3 rings (SSSR count). The number of carbonyl (C=O) groups excluding carboxylic acids is 5. The highest BCUT2D eigenvalue weighted by atomic mass is 16.5. The maximum Gasteiger partial charge on any atom is 0.315 e. The molecule has 11 heteroatoms. The van der Waals surface area contributed by atoms with Crippen LogP contribution in [-0.4, -0.2) is 78.9 Å². The van der Waals surface area contributed by atoms with Gasteiger partial charge >= 0.3 is 6.03 Å². The van der Waals surface area contributed by atoms with Gasteiger partial charge in [0.25, 0.3) is 5.91 Å². The summed E-state index contributed by atoms with van der Waals surface area (Å²) in [5.74, 6) is -2.16. The second kappa shape index (κ2) is 15.9. The number of nitrogens with zero attached hydrogens (tertiary/aromatic N) is 1. The topological polar surface area (TPSA) is 160 Å². The number of urea groups is 1. The number of rotatable bonds is 14. The number of nitrogens with one attached hydrogen (secondary N) is 3. The van der Waals surface area contributed by atoms with Crippen LogP contribution in [0.4, 0.5) is 4.79 Å². The van der Waals surface area contributed by atoms with Crippen LogP contribution in [-0.2, 0) is 23.9 Å². The Bertz CT molecular complexity index is 1090. The standard InChI is InChI=1S/C35H61N5O6/c1-21(2)17-24-19-40(27(22(24)3)31(43)37-25(28(41)30(36)42)18-23-13-12-14-23)32(44)29(35(7)15-10-9-11-16-35)39-33(45)38-26(20-46-8)34(4,5)6/h21-27,29H,9-20H2,1-8H3,(H2,36,42)(H,37,43)(H2,38,39,45)/t22-,24?,25?,26+,27?,29?/m0/s1. The number of hydrogen-bond donors (Lipinski definition) is 4. The molecule has 5 amide bonds. The highest BCUT2D eigenvalue weighted by Crippen LogP contribution is 2.42. The summed E-state index contributed by atoms with van der Waals surface area (Å²) in [7, 11) is 1.59. The Kier molecular flexibility index (Phi) is 13.1. The van der Waals surface area contributed by atoms with Crippen LogP contribution < -0.4 is 21.7 Å². The number of amides is 5. The molecule has 2 aliphatic carbocycles. The van der Waals surface area contributed by atoms with Gasteiger partial charge < -0.3 is 31.3 Å². The lowest BCUT2D eigenvalue weighted by Gasteiger charge is -2.43. The Balaban J connectivity index is 1.94. The number of Topliss-reactive ketones (excluding diaryl/α,β-unsaturated/α-hetero) is 1. The van der Waals surface area contributed by atoms with Crippen molar-refractivity contribution < 1.29 is 28.7 Å². The largest absolute Gasteiger partial charge is 0.383 e. The number of carbonyl (C=O) groups is 5. The van der Waals surface area contributed by atoms with E-state index in [-0.39, 0.29) is 35.1 Å². The van der Waals surface area contributed by atoms with E-state index < -0.39 is 47.2 Å². The lowest BCUT2D eigenvalue weighted by molar-refractivity contribution is -0.145. The highest BCUT2D eigenvalue weighted by molar-refractivity contribution is 6.37. The summed E-state index contributed by atoms with van der Waals surface area (Å²) in [4.78, 5) is 68.9. The first-order valence-corrected chi connectivity index (χ1v) is 17.5. The van der Waals surface area contributed by atoms with Gasteiger partial charge in [-0.1, -0.05) is 87.0 Å². The van der Waals surface area contributed by atoms with Crippen LogP contribution in [0.3, 0.4) is 0 Å². The zero-order chi connectivity index (χ0) is 34.4. The van der Waals surface area contributed by atoms with E-state index >= 15 is 0 Å². The van der Waals surface area contributed by atoms with E-state index in [1.165, 1.54) is 0 Å². The van der Waals surface area contributed by atoms with Gasteiger partial charge in [0.1, 0.15) is 12.1 Å². The molecule has 1 saturated heterocycles. The third-order valence-corrected chi connectivity index (χ3v) is 10.9. The lowest BCUT2D eigenvalue weighted by atomic mass is 9.70. The molecule has 2 saturated carbocycles. The van der Waals surface area contributed by atoms with E-state index in [1.54, 1.807) is 12.0 Å². The smallest absolute Gasteiger partial charge is 0.315 e. The number of hydrogen-bond acceptors (Lipinski definition) is 6. The number of ketones is 1. The summed E-state index contributed by atoms with van der Waals surface area (Å²) in [6.45, 7) is 15.0. The van der Waals surface area contributed by atoms with E-state index in [4.69, 9.17) is 10.5 Å². The number of likely N-dealkylation sites (tertiary alicyclic amines) is 1. The van der Waals surface area contributed by atoms with Gasteiger partial charge in [-0.05, 0) is 60.2 Å². The minimum Gasteiger partial charge on any atom is -0.383 e. The van der Waals surface area contributed by atoms with Crippen molar-refractivity contribution in [3.8, 4) is 0 Å². The molecule has 0 aromatic carbocycles. The summed E-state index contributed by atoms with van der Waals surface area (Å²) in [6.07, 6.45) is 8.63. The number of nitrogens with two attached hydrogens (primary N) is 1. The molecule has 0 aromatic rings. The van der Waals surface area contributed by atoms with Gasteiger partial charge in [0.05, 0.1) is 18.7 Å². The van der Waals surface area contributed by atoms with Crippen LogP contribution in [0.1, 0.15) is 113 Å². The van der Waals surface area contributed by atoms with Gasteiger partial charge in [-0.15, -0.1) is 0 Å². The molecule has 262 valence electrons. The average molecular weight is 648 g/mol. The molecule has 0 spiro atoms. The van der Waals surface area contributed by atoms with Gasteiger partial charge in [-0.25, -0.2) is 4.79 Å². The summed E-state index contributed by atoms with van der Waals surface area (Å²) in [5.41, 5.74) is 4.61. The minimum atomic E-state index is -1.07. The van der Waals surface area contributed by atoms with Crippen LogP contribution in [0, 0.1) is 34.5 Å². The summed E-state index contributed by atoms with van der Waals surface area (Å²) >= 11 is 0. The molecule has 1 aliphatic heterocycles. The molecule has 1 heterocycles. The second-order valence-corrected chi connectivity index (χ2v) is 16.1. The Morgan fingerprint density at radius 2 is 1.59 bits per heavy atom. The van der Waals surface area contributed by atoms with Gasteiger partial charge in [0, 0.05) is 13.7 Å². The minimum absolute atomic E-state index is 0.0530. The average Bonchev–Trinajstić information content (AvgIpc) is 3.26. The molecule has 0 radical (unpaired) electrons. The molecule has 11 nitrogen and oxygen atoms in total.